The number of hydrogen-bond donors (Lipinski definition) is 1. The first kappa shape index (κ1) is 15.6. The van der Waals surface area contributed by atoms with Crippen molar-refractivity contribution in [3.63, 3.8) is 0 Å². The average molecular weight is 324 g/mol. The number of nitrogens with one attached hydrogen (secondary N) is 1. The van der Waals surface area contributed by atoms with Gasteiger partial charge in [0.25, 0.3) is 0 Å². The number of fused-ring (bicyclic) bond motifs is 1. The summed E-state index contributed by atoms with van der Waals surface area (Å²) in [5.74, 6) is 1.71. The molecule has 0 radical (unpaired) electrons. The van der Waals surface area contributed by atoms with Crippen LogP contribution in [0.3, 0.4) is 0 Å². The highest BCUT2D eigenvalue weighted by Crippen LogP contribution is 2.36. The lowest BCUT2D eigenvalue weighted by Gasteiger charge is -2.12. The zero-order valence-electron chi connectivity index (χ0n) is 13.4. The molecular weight excluding hydrogens is 304 g/mol. The standard InChI is InChI=1S/C18H20N4S/c1-4-10-19-17-16-14(13-8-6-5-7-9-13)12-23-18(16)21-15(20-17)11-22(2)3/h4-9,12H,1,10-11H2,2-3H3,(H,19,20,21). The SMILES string of the molecule is C=CCNc1nc(CN(C)C)nc2scc(-c3ccccc3)c12. The van der Waals surface area contributed by atoms with Gasteiger partial charge in [-0.3, -0.25) is 0 Å². The van der Waals surface area contributed by atoms with Crippen molar-refractivity contribution in [2.45, 2.75) is 6.54 Å². The van der Waals surface area contributed by atoms with Crippen LogP contribution in [0.25, 0.3) is 21.3 Å². The molecule has 0 aliphatic carbocycles. The fourth-order valence-electron chi connectivity index (χ4n) is 2.47. The van der Waals surface area contributed by atoms with Gasteiger partial charge >= 0.3 is 0 Å². The van der Waals surface area contributed by atoms with E-state index < -0.39 is 0 Å². The molecule has 3 rings (SSSR count). The van der Waals surface area contributed by atoms with E-state index in [1.807, 2.05) is 26.2 Å². The number of rotatable bonds is 6. The van der Waals surface area contributed by atoms with Crippen molar-refractivity contribution >= 4 is 27.4 Å². The van der Waals surface area contributed by atoms with Gasteiger partial charge < -0.3 is 10.2 Å². The minimum atomic E-state index is 0.678. The van der Waals surface area contributed by atoms with Gasteiger partial charge in [0, 0.05) is 17.5 Å². The van der Waals surface area contributed by atoms with E-state index in [1.165, 1.54) is 11.1 Å². The summed E-state index contributed by atoms with van der Waals surface area (Å²) >= 11 is 1.66. The molecule has 1 N–H and O–H groups in total. The zero-order valence-corrected chi connectivity index (χ0v) is 14.2. The number of nitrogens with zero attached hydrogens (tertiary/aromatic N) is 3. The van der Waals surface area contributed by atoms with Gasteiger partial charge in [-0.1, -0.05) is 36.4 Å². The van der Waals surface area contributed by atoms with E-state index in [4.69, 9.17) is 9.97 Å². The highest BCUT2D eigenvalue weighted by Gasteiger charge is 2.15. The van der Waals surface area contributed by atoms with Gasteiger partial charge in [-0.15, -0.1) is 17.9 Å². The Kier molecular flexibility index (Phi) is 4.69. The summed E-state index contributed by atoms with van der Waals surface area (Å²) in [6.45, 7) is 5.18. The molecule has 0 atom stereocenters. The topological polar surface area (TPSA) is 41.1 Å². The predicted molar refractivity (Wildman–Crippen MR) is 98.9 cm³/mol. The van der Waals surface area contributed by atoms with E-state index in [2.05, 4.69) is 46.4 Å². The third kappa shape index (κ3) is 3.41. The number of aromatic nitrogens is 2. The molecule has 4 nitrogen and oxygen atoms in total. The third-order valence-corrected chi connectivity index (χ3v) is 4.31. The van der Waals surface area contributed by atoms with Gasteiger partial charge in [0.1, 0.15) is 16.5 Å². The maximum atomic E-state index is 4.73. The molecule has 2 aromatic heterocycles. The number of thiophene rings is 1. The summed E-state index contributed by atoms with van der Waals surface area (Å²) in [6.07, 6.45) is 1.84. The minimum Gasteiger partial charge on any atom is -0.366 e. The zero-order chi connectivity index (χ0) is 16.2. The Labute approximate surface area is 140 Å². The van der Waals surface area contributed by atoms with Crippen molar-refractivity contribution < 1.29 is 0 Å². The lowest BCUT2D eigenvalue weighted by molar-refractivity contribution is 0.391. The van der Waals surface area contributed by atoms with E-state index >= 15 is 0 Å². The highest BCUT2D eigenvalue weighted by molar-refractivity contribution is 7.17. The van der Waals surface area contributed by atoms with Crippen molar-refractivity contribution in [1.82, 2.24) is 14.9 Å². The summed E-state index contributed by atoms with van der Waals surface area (Å²) in [7, 11) is 4.04. The molecule has 0 spiro atoms. The maximum absolute atomic E-state index is 4.73. The Morgan fingerprint density at radius 1 is 1.22 bits per heavy atom. The van der Waals surface area contributed by atoms with Gasteiger partial charge in [0.2, 0.25) is 0 Å². The normalized spacial score (nSPS) is 11.1. The molecule has 3 aromatic rings. The molecule has 2 heterocycles. The quantitative estimate of drug-likeness (QED) is 0.695. The molecule has 0 saturated heterocycles. The maximum Gasteiger partial charge on any atom is 0.146 e. The first-order valence-electron chi connectivity index (χ1n) is 7.52. The number of hydrogen-bond acceptors (Lipinski definition) is 5. The van der Waals surface area contributed by atoms with Crippen molar-refractivity contribution in [1.29, 1.82) is 0 Å². The molecule has 1 aromatic carbocycles. The van der Waals surface area contributed by atoms with E-state index in [1.54, 1.807) is 11.3 Å². The molecule has 0 aliphatic rings. The van der Waals surface area contributed by atoms with Crippen LogP contribution in [-0.2, 0) is 6.54 Å². The van der Waals surface area contributed by atoms with Crippen LogP contribution < -0.4 is 5.32 Å². The van der Waals surface area contributed by atoms with Crippen LogP contribution in [0.1, 0.15) is 5.82 Å². The van der Waals surface area contributed by atoms with Crippen LogP contribution in [0.2, 0.25) is 0 Å². The molecule has 0 fully saturated rings. The fraction of sp³-hybridized carbons (Fsp3) is 0.222. The van der Waals surface area contributed by atoms with E-state index in [0.717, 1.165) is 28.4 Å². The molecule has 118 valence electrons. The van der Waals surface area contributed by atoms with Gasteiger partial charge in [0.05, 0.1) is 11.9 Å². The van der Waals surface area contributed by atoms with Crippen LogP contribution in [0.15, 0.2) is 48.4 Å². The van der Waals surface area contributed by atoms with Crippen LogP contribution in [0.5, 0.6) is 0 Å². The van der Waals surface area contributed by atoms with Crippen molar-refractivity contribution in [3.8, 4) is 11.1 Å². The fourth-order valence-corrected chi connectivity index (χ4v) is 3.43. The summed E-state index contributed by atoms with van der Waals surface area (Å²) in [5, 5.41) is 6.61. The minimum absolute atomic E-state index is 0.678. The first-order chi connectivity index (χ1) is 11.2. The molecule has 23 heavy (non-hydrogen) atoms. The van der Waals surface area contributed by atoms with E-state index in [0.29, 0.717) is 6.54 Å². The monoisotopic (exact) mass is 324 g/mol. The molecule has 0 unspecified atom stereocenters. The summed E-state index contributed by atoms with van der Waals surface area (Å²) < 4.78 is 0. The van der Waals surface area contributed by atoms with Crippen LogP contribution in [0, 0.1) is 0 Å². The Morgan fingerprint density at radius 3 is 2.70 bits per heavy atom. The Bertz CT molecular complexity index is 809. The molecule has 0 saturated carbocycles. The van der Waals surface area contributed by atoms with Crippen molar-refractivity contribution in [3.05, 3.63) is 54.2 Å². The van der Waals surface area contributed by atoms with Crippen molar-refractivity contribution in [2.75, 3.05) is 26.0 Å². The predicted octanol–water partition coefficient (Wildman–Crippen LogP) is 4.02. The summed E-state index contributed by atoms with van der Waals surface area (Å²) in [4.78, 5) is 12.6. The average Bonchev–Trinajstić information content (AvgIpc) is 2.97. The first-order valence-corrected chi connectivity index (χ1v) is 8.40. The molecule has 0 bridgehead atoms. The Morgan fingerprint density at radius 2 is 2.00 bits per heavy atom. The van der Waals surface area contributed by atoms with E-state index in [9.17, 15) is 0 Å². The van der Waals surface area contributed by atoms with Crippen LogP contribution in [0.4, 0.5) is 5.82 Å². The number of anilines is 1. The molecule has 5 heteroatoms. The highest BCUT2D eigenvalue weighted by atomic mass is 32.1. The van der Waals surface area contributed by atoms with E-state index in [-0.39, 0.29) is 0 Å². The van der Waals surface area contributed by atoms with Crippen LogP contribution in [-0.4, -0.2) is 35.5 Å². The Balaban J connectivity index is 2.15. The lowest BCUT2D eigenvalue weighted by Crippen LogP contribution is -2.14. The van der Waals surface area contributed by atoms with Crippen molar-refractivity contribution in [2.24, 2.45) is 0 Å². The van der Waals surface area contributed by atoms with Crippen LogP contribution >= 0.6 is 11.3 Å². The lowest BCUT2D eigenvalue weighted by atomic mass is 10.1. The largest absolute Gasteiger partial charge is 0.366 e. The second-order valence-electron chi connectivity index (χ2n) is 5.59. The molecular formula is C18H20N4S. The summed E-state index contributed by atoms with van der Waals surface area (Å²) in [6, 6.07) is 10.4. The molecule has 0 aliphatic heterocycles. The van der Waals surface area contributed by atoms with Gasteiger partial charge in [-0.05, 0) is 19.7 Å². The van der Waals surface area contributed by atoms with Gasteiger partial charge in [0.15, 0.2) is 0 Å². The smallest absolute Gasteiger partial charge is 0.146 e. The van der Waals surface area contributed by atoms with Gasteiger partial charge in [-0.2, -0.15) is 0 Å². The third-order valence-electron chi connectivity index (χ3n) is 3.44. The Hall–Kier alpha value is -2.24. The molecule has 0 amide bonds. The summed E-state index contributed by atoms with van der Waals surface area (Å²) in [5.41, 5.74) is 2.36. The second kappa shape index (κ2) is 6.89. The number of benzene rings is 1. The van der Waals surface area contributed by atoms with Gasteiger partial charge in [-0.25, -0.2) is 9.97 Å². The second-order valence-corrected chi connectivity index (χ2v) is 6.45.